The fourth-order valence-electron chi connectivity index (χ4n) is 1.41. The first-order chi connectivity index (χ1) is 8.84. The molecule has 0 radical (unpaired) electrons. The Hall–Kier alpha value is -0.300. The number of halogens is 1. The largest absolute Gasteiger partial charge is 0.348 e. The molecule has 0 unspecified atom stereocenters. The van der Waals surface area contributed by atoms with Crippen molar-refractivity contribution < 1.29 is 4.79 Å². The highest BCUT2D eigenvalue weighted by Gasteiger charge is 2.18. The molecule has 1 heterocycles. The summed E-state index contributed by atoms with van der Waals surface area (Å²) < 4.78 is 0. The zero-order valence-corrected chi connectivity index (χ0v) is 14.9. The van der Waals surface area contributed by atoms with E-state index in [1.54, 1.807) is 23.1 Å². The number of nitrogens with one attached hydrogen (secondary N) is 1. The summed E-state index contributed by atoms with van der Waals surface area (Å²) in [5.41, 5.74) is 6.91. The van der Waals surface area contributed by atoms with Crippen LogP contribution in [0.2, 0.25) is 0 Å². The fourth-order valence-corrected chi connectivity index (χ4v) is 2.86. The Kier molecular flexibility index (Phi) is 8.74. The van der Waals surface area contributed by atoms with Gasteiger partial charge in [0.25, 0.3) is 0 Å². The van der Waals surface area contributed by atoms with Crippen molar-refractivity contribution in [2.45, 2.75) is 45.2 Å². The van der Waals surface area contributed by atoms with Gasteiger partial charge in [0.05, 0.1) is 18.3 Å². The molecule has 0 aromatic carbocycles. The van der Waals surface area contributed by atoms with E-state index in [4.69, 9.17) is 5.73 Å². The highest BCUT2D eigenvalue weighted by atomic mass is 35.5. The number of carbonyl (C=O) groups excluding carboxylic acids is 1. The van der Waals surface area contributed by atoms with Crippen LogP contribution >= 0.6 is 35.5 Å². The first-order valence-corrected chi connectivity index (χ1v) is 8.59. The van der Waals surface area contributed by atoms with Gasteiger partial charge >= 0.3 is 0 Å². The average molecular weight is 338 g/mol. The predicted molar refractivity (Wildman–Crippen MR) is 90.9 cm³/mol. The first kappa shape index (κ1) is 19.7. The van der Waals surface area contributed by atoms with E-state index in [2.05, 4.69) is 36.5 Å². The van der Waals surface area contributed by atoms with E-state index in [0.717, 1.165) is 16.5 Å². The lowest BCUT2D eigenvalue weighted by Gasteiger charge is -2.14. The Labute approximate surface area is 135 Å². The second-order valence-corrected chi connectivity index (χ2v) is 7.41. The number of thioether (sulfide) groups is 1. The van der Waals surface area contributed by atoms with Crippen molar-refractivity contribution in [2.75, 3.05) is 12.0 Å². The van der Waals surface area contributed by atoms with Gasteiger partial charge in [0.2, 0.25) is 5.91 Å². The third kappa shape index (κ3) is 6.43. The van der Waals surface area contributed by atoms with Gasteiger partial charge in [-0.3, -0.25) is 4.79 Å². The fraction of sp³-hybridized carbons (Fsp3) is 0.692. The molecule has 7 heteroatoms. The lowest BCUT2D eigenvalue weighted by atomic mass is 9.93. The normalized spacial score (nSPS) is 12.7. The molecule has 1 amide bonds. The molecule has 4 nitrogen and oxygen atoms in total. The van der Waals surface area contributed by atoms with Crippen LogP contribution in [0.1, 0.15) is 37.9 Å². The van der Waals surface area contributed by atoms with E-state index in [9.17, 15) is 4.79 Å². The van der Waals surface area contributed by atoms with Gasteiger partial charge in [0, 0.05) is 10.8 Å². The smallest absolute Gasteiger partial charge is 0.237 e. The quantitative estimate of drug-likeness (QED) is 0.837. The molecule has 0 spiro atoms. The van der Waals surface area contributed by atoms with Crippen LogP contribution in [0.5, 0.6) is 0 Å². The van der Waals surface area contributed by atoms with Crippen LogP contribution in [0.4, 0.5) is 0 Å². The first-order valence-electron chi connectivity index (χ1n) is 6.31. The van der Waals surface area contributed by atoms with E-state index in [1.165, 1.54) is 0 Å². The van der Waals surface area contributed by atoms with Crippen molar-refractivity contribution >= 4 is 41.4 Å². The summed E-state index contributed by atoms with van der Waals surface area (Å²) >= 11 is 3.27. The lowest BCUT2D eigenvalue weighted by molar-refractivity contribution is -0.122. The number of carbonyl (C=O) groups is 1. The van der Waals surface area contributed by atoms with Gasteiger partial charge in [0.1, 0.15) is 5.01 Å². The van der Waals surface area contributed by atoms with E-state index >= 15 is 0 Å². The van der Waals surface area contributed by atoms with Gasteiger partial charge in [-0.1, -0.05) is 20.8 Å². The Balaban J connectivity index is 0.00000361. The van der Waals surface area contributed by atoms with E-state index in [1.807, 2.05) is 6.26 Å². The van der Waals surface area contributed by atoms with Crippen molar-refractivity contribution in [1.29, 1.82) is 0 Å². The van der Waals surface area contributed by atoms with Crippen LogP contribution in [0.3, 0.4) is 0 Å². The minimum absolute atomic E-state index is 0. The zero-order chi connectivity index (χ0) is 14.5. The molecule has 0 saturated carbocycles. The summed E-state index contributed by atoms with van der Waals surface area (Å²) in [7, 11) is 0. The Bertz CT molecular complexity index is 418. The third-order valence-corrected chi connectivity index (χ3v) is 4.20. The van der Waals surface area contributed by atoms with Crippen LogP contribution in [-0.2, 0) is 16.8 Å². The molecule has 1 aromatic rings. The van der Waals surface area contributed by atoms with Crippen LogP contribution in [0.15, 0.2) is 5.38 Å². The number of aromatic nitrogens is 1. The molecule has 0 aliphatic heterocycles. The number of nitrogens with zero attached hydrogens (tertiary/aromatic N) is 1. The topological polar surface area (TPSA) is 68.0 Å². The molecular formula is C13H24ClN3OS2. The molecule has 20 heavy (non-hydrogen) atoms. The molecule has 0 fully saturated rings. The molecule has 116 valence electrons. The highest BCUT2D eigenvalue weighted by Crippen LogP contribution is 2.23. The lowest BCUT2D eigenvalue weighted by Crippen LogP contribution is -2.40. The number of rotatable bonds is 6. The van der Waals surface area contributed by atoms with Crippen molar-refractivity contribution in [3.05, 3.63) is 16.1 Å². The van der Waals surface area contributed by atoms with Gasteiger partial charge in [-0.25, -0.2) is 4.98 Å². The molecule has 0 aliphatic carbocycles. The summed E-state index contributed by atoms with van der Waals surface area (Å²) in [6.45, 7) is 6.85. The van der Waals surface area contributed by atoms with E-state index in [-0.39, 0.29) is 23.7 Å². The molecule has 0 bridgehead atoms. The van der Waals surface area contributed by atoms with Gasteiger partial charge in [0.15, 0.2) is 0 Å². The van der Waals surface area contributed by atoms with Gasteiger partial charge in [-0.05, 0) is 18.4 Å². The number of hydrogen-bond acceptors (Lipinski definition) is 5. The summed E-state index contributed by atoms with van der Waals surface area (Å²) in [6, 6.07) is -0.422. The number of thiazole rings is 1. The zero-order valence-electron chi connectivity index (χ0n) is 12.4. The average Bonchev–Trinajstić information content (AvgIpc) is 2.81. The molecule has 1 rings (SSSR count). The minimum Gasteiger partial charge on any atom is -0.348 e. The van der Waals surface area contributed by atoms with Gasteiger partial charge < -0.3 is 11.1 Å². The minimum atomic E-state index is -0.422. The number of hydrogen-bond donors (Lipinski definition) is 2. The van der Waals surface area contributed by atoms with Crippen LogP contribution in [0, 0.1) is 0 Å². The summed E-state index contributed by atoms with van der Waals surface area (Å²) in [5.74, 6) is 0.807. The molecule has 1 aromatic heterocycles. The Morgan fingerprint density at radius 2 is 2.20 bits per heavy atom. The number of nitrogens with two attached hydrogens (primary N) is 1. The number of amides is 1. The molecule has 0 saturated heterocycles. The second-order valence-electron chi connectivity index (χ2n) is 5.48. The molecule has 0 aliphatic rings. The molecule has 3 N–H and O–H groups in total. The molecule has 1 atom stereocenters. The SMILES string of the molecule is CSCC[C@H](N)C(=O)NCc1nc(C(C)(C)C)cs1.Cl. The Morgan fingerprint density at radius 1 is 1.55 bits per heavy atom. The van der Waals surface area contributed by atoms with Crippen molar-refractivity contribution in [3.63, 3.8) is 0 Å². The van der Waals surface area contributed by atoms with Crippen molar-refractivity contribution in [3.8, 4) is 0 Å². The van der Waals surface area contributed by atoms with Gasteiger partial charge in [-0.15, -0.1) is 23.7 Å². The maximum absolute atomic E-state index is 11.8. The molecular weight excluding hydrogens is 314 g/mol. The van der Waals surface area contributed by atoms with Crippen molar-refractivity contribution in [1.82, 2.24) is 10.3 Å². The summed E-state index contributed by atoms with van der Waals surface area (Å²) in [5, 5.41) is 5.82. The standard InChI is InChI=1S/C13H23N3OS2.ClH/c1-13(2,3)10-8-19-11(16-10)7-15-12(17)9(14)5-6-18-4;/h8-9H,5-7,14H2,1-4H3,(H,15,17);1H/t9-;/m0./s1. The van der Waals surface area contributed by atoms with Crippen LogP contribution in [0.25, 0.3) is 0 Å². The highest BCUT2D eigenvalue weighted by molar-refractivity contribution is 7.98. The van der Waals surface area contributed by atoms with E-state index < -0.39 is 6.04 Å². The van der Waals surface area contributed by atoms with Crippen LogP contribution < -0.4 is 11.1 Å². The third-order valence-electron chi connectivity index (χ3n) is 2.70. The summed E-state index contributed by atoms with van der Waals surface area (Å²) in [4.78, 5) is 16.3. The van der Waals surface area contributed by atoms with Crippen LogP contribution in [-0.4, -0.2) is 28.9 Å². The summed E-state index contributed by atoms with van der Waals surface area (Å²) in [6.07, 6.45) is 2.71. The maximum atomic E-state index is 11.8. The predicted octanol–water partition coefficient (Wildman–Crippen LogP) is 2.56. The monoisotopic (exact) mass is 337 g/mol. The second kappa shape index (κ2) is 8.87. The van der Waals surface area contributed by atoms with Gasteiger partial charge in [-0.2, -0.15) is 11.8 Å². The Morgan fingerprint density at radius 3 is 2.70 bits per heavy atom. The van der Waals surface area contributed by atoms with Crippen molar-refractivity contribution in [2.24, 2.45) is 5.73 Å². The van der Waals surface area contributed by atoms with E-state index in [0.29, 0.717) is 13.0 Å². The maximum Gasteiger partial charge on any atom is 0.237 e.